The van der Waals surface area contributed by atoms with E-state index in [1.54, 1.807) is 13.2 Å². The maximum Gasteiger partial charge on any atom is 0.277 e. The molecule has 0 radical (unpaired) electrons. The number of nitrogens with two attached hydrogens (primary N) is 1. The van der Waals surface area contributed by atoms with E-state index in [4.69, 9.17) is 15.9 Å². The number of methoxy groups -OCH3 is 1. The van der Waals surface area contributed by atoms with Crippen LogP contribution in [-0.2, 0) is 6.54 Å². The topological polar surface area (TPSA) is 94.0 Å². The smallest absolute Gasteiger partial charge is 0.277 e. The van der Waals surface area contributed by atoms with Crippen LogP contribution >= 0.6 is 0 Å². The first-order valence-corrected chi connectivity index (χ1v) is 7.03. The maximum atomic E-state index is 12.3. The Labute approximate surface area is 129 Å². The van der Waals surface area contributed by atoms with Crippen molar-refractivity contribution in [2.45, 2.75) is 20.4 Å². The van der Waals surface area contributed by atoms with Crippen molar-refractivity contribution in [3.63, 3.8) is 0 Å². The predicted octanol–water partition coefficient (Wildman–Crippen LogP) is 1.86. The van der Waals surface area contributed by atoms with E-state index in [2.05, 4.69) is 5.10 Å². The highest BCUT2D eigenvalue weighted by molar-refractivity contribution is 5.95. The van der Waals surface area contributed by atoms with Gasteiger partial charge in [-0.3, -0.25) is 10.2 Å². The summed E-state index contributed by atoms with van der Waals surface area (Å²) >= 11 is 0. The van der Waals surface area contributed by atoms with E-state index in [9.17, 15) is 4.79 Å². The molecule has 0 fully saturated rings. The molecule has 0 saturated heterocycles. The van der Waals surface area contributed by atoms with E-state index in [-0.39, 0.29) is 22.9 Å². The molecule has 1 aromatic heterocycles. The van der Waals surface area contributed by atoms with Crippen LogP contribution in [0.1, 0.15) is 19.4 Å². The Morgan fingerprint density at radius 2 is 2.14 bits per heavy atom. The molecule has 6 heteroatoms. The molecule has 0 aliphatic rings. The molecule has 0 spiro atoms. The Balaban J connectivity index is 2.62. The van der Waals surface area contributed by atoms with Gasteiger partial charge in [-0.05, 0) is 24.1 Å². The van der Waals surface area contributed by atoms with Gasteiger partial charge >= 0.3 is 0 Å². The third-order valence-corrected chi connectivity index (χ3v) is 3.17. The fourth-order valence-electron chi connectivity index (χ4n) is 2.13. The third-order valence-electron chi connectivity index (χ3n) is 3.17. The van der Waals surface area contributed by atoms with Crippen molar-refractivity contribution in [3.05, 3.63) is 46.2 Å². The summed E-state index contributed by atoms with van der Waals surface area (Å²) < 4.78 is 6.58. The average Bonchev–Trinajstić information content (AvgIpc) is 2.48. The van der Waals surface area contributed by atoms with Crippen molar-refractivity contribution in [1.82, 2.24) is 9.78 Å². The Morgan fingerprint density at radius 1 is 1.41 bits per heavy atom. The highest BCUT2D eigenvalue weighted by Crippen LogP contribution is 2.22. The summed E-state index contributed by atoms with van der Waals surface area (Å²) in [4.78, 5) is 12.3. The summed E-state index contributed by atoms with van der Waals surface area (Å²) in [5, 5.41) is 12.0. The van der Waals surface area contributed by atoms with Gasteiger partial charge < -0.3 is 10.5 Å². The second kappa shape index (κ2) is 6.43. The summed E-state index contributed by atoms with van der Waals surface area (Å²) in [6, 6.07) is 8.94. The Morgan fingerprint density at radius 3 is 2.73 bits per heavy atom. The summed E-state index contributed by atoms with van der Waals surface area (Å²) in [6.45, 7) is 4.47. The number of hydrogen-bond acceptors (Lipinski definition) is 4. The van der Waals surface area contributed by atoms with Crippen LogP contribution in [0, 0.1) is 11.3 Å². The quantitative estimate of drug-likeness (QED) is 0.651. The van der Waals surface area contributed by atoms with Gasteiger partial charge in [0.05, 0.1) is 18.4 Å². The van der Waals surface area contributed by atoms with Crippen LogP contribution in [0.15, 0.2) is 35.1 Å². The Hall–Kier alpha value is -2.63. The fraction of sp³-hybridized carbons (Fsp3) is 0.312. The summed E-state index contributed by atoms with van der Waals surface area (Å²) in [5.74, 6) is 0.699. The minimum Gasteiger partial charge on any atom is -0.497 e. The number of benzene rings is 1. The molecule has 22 heavy (non-hydrogen) atoms. The molecule has 0 aliphatic carbocycles. The first-order chi connectivity index (χ1) is 10.4. The van der Waals surface area contributed by atoms with Crippen LogP contribution < -0.4 is 16.0 Å². The van der Waals surface area contributed by atoms with Crippen molar-refractivity contribution in [3.8, 4) is 17.0 Å². The number of amidine groups is 1. The van der Waals surface area contributed by atoms with Crippen LogP contribution in [0.3, 0.4) is 0 Å². The highest BCUT2D eigenvalue weighted by Gasteiger charge is 2.13. The van der Waals surface area contributed by atoms with Gasteiger partial charge in [0, 0.05) is 12.1 Å². The van der Waals surface area contributed by atoms with Gasteiger partial charge in [0.15, 0.2) is 0 Å². The van der Waals surface area contributed by atoms with Gasteiger partial charge in [-0.15, -0.1) is 0 Å². The molecular weight excluding hydrogens is 280 g/mol. The van der Waals surface area contributed by atoms with E-state index in [1.165, 1.54) is 4.68 Å². The van der Waals surface area contributed by atoms with Gasteiger partial charge in [0.25, 0.3) is 5.56 Å². The number of nitrogen functional groups attached to an aromatic ring is 1. The molecular formula is C16H20N4O2. The summed E-state index contributed by atoms with van der Waals surface area (Å²) in [7, 11) is 1.59. The maximum absolute atomic E-state index is 12.3. The van der Waals surface area contributed by atoms with Crippen molar-refractivity contribution in [2.24, 2.45) is 11.7 Å². The molecule has 0 aliphatic heterocycles. The number of ether oxygens (including phenoxy) is 1. The van der Waals surface area contributed by atoms with Crippen molar-refractivity contribution >= 4 is 5.84 Å². The first-order valence-electron chi connectivity index (χ1n) is 7.03. The van der Waals surface area contributed by atoms with Crippen LogP contribution in [0.25, 0.3) is 11.3 Å². The zero-order valence-corrected chi connectivity index (χ0v) is 13.0. The van der Waals surface area contributed by atoms with Gasteiger partial charge in [-0.2, -0.15) is 5.10 Å². The number of rotatable bonds is 5. The molecule has 116 valence electrons. The third kappa shape index (κ3) is 3.33. The average molecular weight is 300 g/mol. The lowest BCUT2D eigenvalue weighted by Crippen LogP contribution is -2.32. The van der Waals surface area contributed by atoms with Crippen molar-refractivity contribution < 1.29 is 4.74 Å². The molecule has 1 heterocycles. The molecule has 2 rings (SSSR count). The standard InChI is InChI=1S/C16H20N4O2/c1-10(2)9-20-16(21)13(15(17)18)8-14(19-20)11-5-4-6-12(7-11)22-3/h4-8,10H,9H2,1-3H3,(H3,17,18). The van der Waals surface area contributed by atoms with Crippen molar-refractivity contribution in [2.75, 3.05) is 7.11 Å². The number of hydrogen-bond donors (Lipinski definition) is 2. The predicted molar refractivity (Wildman–Crippen MR) is 86.3 cm³/mol. The molecule has 0 unspecified atom stereocenters. The molecule has 6 nitrogen and oxygen atoms in total. The molecule has 3 N–H and O–H groups in total. The largest absolute Gasteiger partial charge is 0.497 e. The summed E-state index contributed by atoms with van der Waals surface area (Å²) in [6.07, 6.45) is 0. The van der Waals surface area contributed by atoms with Gasteiger partial charge in [0.2, 0.25) is 0 Å². The molecule has 0 amide bonds. The first kappa shape index (κ1) is 15.8. The van der Waals surface area contributed by atoms with Crippen molar-refractivity contribution in [1.29, 1.82) is 5.41 Å². The molecule has 1 aromatic carbocycles. The minimum absolute atomic E-state index is 0.161. The van der Waals surface area contributed by atoms with Crippen LogP contribution in [0.2, 0.25) is 0 Å². The Kier molecular flexibility index (Phi) is 4.60. The molecule has 0 saturated carbocycles. The molecule has 0 bridgehead atoms. The number of aromatic nitrogens is 2. The summed E-state index contributed by atoms with van der Waals surface area (Å²) in [5.41, 5.74) is 6.75. The highest BCUT2D eigenvalue weighted by atomic mass is 16.5. The number of nitrogens with zero attached hydrogens (tertiary/aromatic N) is 2. The zero-order valence-electron chi connectivity index (χ0n) is 13.0. The normalized spacial score (nSPS) is 10.7. The van der Waals surface area contributed by atoms with E-state index in [0.717, 1.165) is 5.56 Å². The minimum atomic E-state index is -0.340. The van der Waals surface area contributed by atoms with E-state index < -0.39 is 0 Å². The Bertz CT molecular complexity index is 750. The van der Waals surface area contributed by atoms with Gasteiger partial charge in [-0.1, -0.05) is 26.0 Å². The molecule has 0 atom stereocenters. The second-order valence-corrected chi connectivity index (χ2v) is 5.47. The SMILES string of the molecule is COc1cccc(-c2cc(C(=N)N)c(=O)n(CC(C)C)n2)c1. The zero-order chi connectivity index (χ0) is 16.3. The van der Waals surface area contributed by atoms with E-state index in [1.807, 2.05) is 38.1 Å². The lowest BCUT2D eigenvalue weighted by Gasteiger charge is -2.12. The van der Waals surface area contributed by atoms with Crippen LogP contribution in [0.4, 0.5) is 0 Å². The van der Waals surface area contributed by atoms with Gasteiger partial charge in [-0.25, -0.2) is 4.68 Å². The van der Waals surface area contributed by atoms with E-state index in [0.29, 0.717) is 18.0 Å². The number of nitrogens with one attached hydrogen (secondary N) is 1. The van der Waals surface area contributed by atoms with Crippen LogP contribution in [0.5, 0.6) is 5.75 Å². The molecule has 2 aromatic rings. The monoisotopic (exact) mass is 300 g/mol. The lowest BCUT2D eigenvalue weighted by atomic mass is 10.1. The fourth-order valence-corrected chi connectivity index (χ4v) is 2.13. The lowest BCUT2D eigenvalue weighted by molar-refractivity contribution is 0.415. The second-order valence-electron chi connectivity index (χ2n) is 5.47. The van der Waals surface area contributed by atoms with Crippen LogP contribution in [-0.4, -0.2) is 22.7 Å². The van der Waals surface area contributed by atoms with E-state index >= 15 is 0 Å². The van der Waals surface area contributed by atoms with Gasteiger partial charge in [0.1, 0.15) is 11.6 Å².